The van der Waals surface area contributed by atoms with Crippen molar-refractivity contribution in [1.29, 1.82) is 0 Å². The maximum absolute atomic E-state index is 10.4. The van der Waals surface area contributed by atoms with Gasteiger partial charge in [-0.15, -0.1) is 0 Å². The fourth-order valence-electron chi connectivity index (χ4n) is 5.66. The standard InChI is InChI=1S/C19H26O2/c1-19-10-9-15-14-6-4-13(21-2)11-12(14)3-5-16(15)17(19)7-8-18(19)20/h4,6,11,15-18,20H,3,5,7-10H2,1-2H3/t15-,16-,17+,18?,19+/m1/s1. The quantitative estimate of drug-likeness (QED) is 0.848. The van der Waals surface area contributed by atoms with Crippen LogP contribution >= 0.6 is 0 Å². The van der Waals surface area contributed by atoms with E-state index in [4.69, 9.17) is 4.74 Å². The predicted octanol–water partition coefficient (Wildman–Crippen LogP) is 3.91. The molecule has 0 radical (unpaired) electrons. The third-order valence-electron chi connectivity index (χ3n) is 6.88. The van der Waals surface area contributed by atoms with Gasteiger partial charge in [-0.05, 0) is 85.0 Å². The van der Waals surface area contributed by atoms with Crippen LogP contribution in [0.4, 0.5) is 0 Å². The van der Waals surface area contributed by atoms with Gasteiger partial charge < -0.3 is 9.84 Å². The van der Waals surface area contributed by atoms with Crippen LogP contribution in [-0.4, -0.2) is 18.3 Å². The highest BCUT2D eigenvalue weighted by Gasteiger charge is 2.54. The second kappa shape index (κ2) is 4.74. The number of aliphatic hydroxyl groups is 1. The minimum atomic E-state index is -0.0688. The number of hydrogen-bond donors (Lipinski definition) is 1. The van der Waals surface area contributed by atoms with Gasteiger partial charge in [0, 0.05) is 0 Å². The second-order valence-corrected chi connectivity index (χ2v) is 7.62. The van der Waals surface area contributed by atoms with E-state index in [0.29, 0.717) is 5.92 Å². The normalized spacial score (nSPS) is 41.1. The van der Waals surface area contributed by atoms with E-state index in [9.17, 15) is 5.11 Å². The molecular formula is C19H26O2. The van der Waals surface area contributed by atoms with E-state index in [0.717, 1.165) is 24.0 Å². The van der Waals surface area contributed by atoms with Gasteiger partial charge in [-0.2, -0.15) is 0 Å². The zero-order chi connectivity index (χ0) is 14.6. The summed E-state index contributed by atoms with van der Waals surface area (Å²) in [6.07, 6.45) is 7.07. The first kappa shape index (κ1) is 13.6. The highest BCUT2D eigenvalue weighted by atomic mass is 16.5. The summed E-state index contributed by atoms with van der Waals surface area (Å²) in [5, 5.41) is 10.4. The molecule has 4 rings (SSSR count). The molecule has 2 nitrogen and oxygen atoms in total. The fraction of sp³-hybridized carbons (Fsp3) is 0.684. The van der Waals surface area contributed by atoms with E-state index in [1.54, 1.807) is 12.7 Å². The first-order valence-corrected chi connectivity index (χ1v) is 8.48. The summed E-state index contributed by atoms with van der Waals surface area (Å²) in [7, 11) is 1.75. The fourth-order valence-corrected chi connectivity index (χ4v) is 5.66. The van der Waals surface area contributed by atoms with E-state index in [-0.39, 0.29) is 11.5 Å². The molecule has 1 N–H and O–H groups in total. The zero-order valence-electron chi connectivity index (χ0n) is 13.1. The number of methoxy groups -OCH3 is 1. The van der Waals surface area contributed by atoms with Crippen LogP contribution in [0.5, 0.6) is 5.75 Å². The van der Waals surface area contributed by atoms with Gasteiger partial charge in [-0.1, -0.05) is 13.0 Å². The van der Waals surface area contributed by atoms with Crippen molar-refractivity contribution in [2.24, 2.45) is 17.3 Å². The van der Waals surface area contributed by atoms with Gasteiger partial charge in [0.25, 0.3) is 0 Å². The lowest BCUT2D eigenvalue weighted by atomic mass is 9.55. The van der Waals surface area contributed by atoms with Crippen molar-refractivity contribution in [1.82, 2.24) is 0 Å². The molecular weight excluding hydrogens is 260 g/mol. The Morgan fingerprint density at radius 1 is 1.19 bits per heavy atom. The summed E-state index contributed by atoms with van der Waals surface area (Å²) in [6.45, 7) is 2.34. The third kappa shape index (κ3) is 1.88. The van der Waals surface area contributed by atoms with Crippen molar-refractivity contribution in [3.63, 3.8) is 0 Å². The Labute approximate surface area is 127 Å². The van der Waals surface area contributed by atoms with Gasteiger partial charge in [0.15, 0.2) is 0 Å². The van der Waals surface area contributed by atoms with Crippen molar-refractivity contribution in [3.8, 4) is 5.75 Å². The van der Waals surface area contributed by atoms with Crippen molar-refractivity contribution in [2.45, 2.75) is 57.5 Å². The average molecular weight is 286 g/mol. The maximum Gasteiger partial charge on any atom is 0.119 e. The number of aliphatic hydroxyl groups excluding tert-OH is 1. The Kier molecular flexibility index (Phi) is 3.08. The summed E-state index contributed by atoms with van der Waals surface area (Å²) in [5.74, 6) is 3.20. The molecule has 1 aromatic carbocycles. The minimum Gasteiger partial charge on any atom is -0.497 e. The van der Waals surface area contributed by atoms with Crippen LogP contribution < -0.4 is 4.74 Å². The van der Waals surface area contributed by atoms with Gasteiger partial charge in [0.2, 0.25) is 0 Å². The van der Waals surface area contributed by atoms with E-state index in [2.05, 4.69) is 25.1 Å². The average Bonchev–Trinajstić information content (AvgIpc) is 2.82. The molecule has 2 saturated carbocycles. The Balaban J connectivity index is 1.68. The van der Waals surface area contributed by atoms with Gasteiger partial charge in [-0.3, -0.25) is 0 Å². The number of benzene rings is 1. The van der Waals surface area contributed by atoms with Gasteiger partial charge in [0.05, 0.1) is 13.2 Å². The molecule has 0 heterocycles. The molecule has 0 aliphatic heterocycles. The minimum absolute atomic E-state index is 0.0688. The molecule has 0 bridgehead atoms. The van der Waals surface area contributed by atoms with E-state index < -0.39 is 0 Å². The first-order valence-electron chi connectivity index (χ1n) is 8.48. The SMILES string of the molecule is COc1ccc2c(c1)CC[C@@H]1[C@@H]2CC[C@]2(C)C(O)CC[C@@H]12. The van der Waals surface area contributed by atoms with Crippen LogP contribution in [-0.2, 0) is 6.42 Å². The van der Waals surface area contributed by atoms with Crippen LogP contribution in [0.15, 0.2) is 18.2 Å². The molecule has 3 aliphatic carbocycles. The molecule has 2 fully saturated rings. The molecule has 114 valence electrons. The van der Waals surface area contributed by atoms with E-state index in [1.807, 2.05) is 0 Å². The highest BCUT2D eigenvalue weighted by molar-refractivity contribution is 5.40. The monoisotopic (exact) mass is 286 g/mol. The molecule has 5 atom stereocenters. The van der Waals surface area contributed by atoms with Crippen LogP contribution in [0.1, 0.15) is 56.1 Å². The van der Waals surface area contributed by atoms with Crippen LogP contribution in [0.25, 0.3) is 0 Å². The Hall–Kier alpha value is -1.02. The number of ether oxygens (including phenoxy) is 1. The largest absolute Gasteiger partial charge is 0.497 e. The molecule has 0 spiro atoms. The summed E-state index contributed by atoms with van der Waals surface area (Å²) in [4.78, 5) is 0. The molecule has 0 amide bonds. The lowest BCUT2D eigenvalue weighted by Gasteiger charge is -2.50. The van der Waals surface area contributed by atoms with Gasteiger partial charge in [-0.25, -0.2) is 0 Å². The van der Waals surface area contributed by atoms with E-state index in [1.165, 1.54) is 37.7 Å². The van der Waals surface area contributed by atoms with Crippen LogP contribution in [0, 0.1) is 17.3 Å². The van der Waals surface area contributed by atoms with Gasteiger partial charge >= 0.3 is 0 Å². The molecule has 2 heteroatoms. The van der Waals surface area contributed by atoms with Crippen molar-refractivity contribution in [3.05, 3.63) is 29.3 Å². The number of fused-ring (bicyclic) bond motifs is 5. The third-order valence-corrected chi connectivity index (χ3v) is 6.88. The Bertz CT molecular complexity index is 552. The molecule has 21 heavy (non-hydrogen) atoms. The number of rotatable bonds is 1. The lowest BCUT2D eigenvalue weighted by molar-refractivity contribution is -0.0226. The highest BCUT2D eigenvalue weighted by Crippen LogP contribution is 2.60. The maximum atomic E-state index is 10.4. The second-order valence-electron chi connectivity index (χ2n) is 7.62. The smallest absolute Gasteiger partial charge is 0.119 e. The number of hydrogen-bond acceptors (Lipinski definition) is 2. The van der Waals surface area contributed by atoms with E-state index >= 15 is 0 Å². The van der Waals surface area contributed by atoms with Crippen molar-refractivity contribution < 1.29 is 9.84 Å². The Morgan fingerprint density at radius 2 is 2.05 bits per heavy atom. The molecule has 1 unspecified atom stereocenters. The van der Waals surface area contributed by atoms with Crippen molar-refractivity contribution in [2.75, 3.05) is 7.11 Å². The molecule has 0 saturated heterocycles. The first-order chi connectivity index (χ1) is 10.1. The summed E-state index contributed by atoms with van der Waals surface area (Å²) >= 11 is 0. The molecule has 0 aromatic heterocycles. The van der Waals surface area contributed by atoms with Crippen LogP contribution in [0.2, 0.25) is 0 Å². The summed E-state index contributed by atoms with van der Waals surface area (Å²) in [6, 6.07) is 6.67. The summed E-state index contributed by atoms with van der Waals surface area (Å²) in [5.41, 5.74) is 3.25. The molecule has 3 aliphatic rings. The van der Waals surface area contributed by atoms with Crippen LogP contribution in [0.3, 0.4) is 0 Å². The van der Waals surface area contributed by atoms with Gasteiger partial charge in [0.1, 0.15) is 5.75 Å². The Morgan fingerprint density at radius 3 is 2.86 bits per heavy atom. The summed E-state index contributed by atoms with van der Waals surface area (Å²) < 4.78 is 5.38. The number of aryl methyl sites for hydroxylation is 1. The topological polar surface area (TPSA) is 29.5 Å². The predicted molar refractivity (Wildman–Crippen MR) is 83.6 cm³/mol. The zero-order valence-corrected chi connectivity index (χ0v) is 13.1. The molecule has 1 aromatic rings. The lowest BCUT2D eigenvalue weighted by Crippen LogP contribution is -2.43. The van der Waals surface area contributed by atoms with Crippen molar-refractivity contribution >= 4 is 0 Å².